The number of alkyl halides is 3. The van der Waals surface area contributed by atoms with E-state index in [9.17, 15) is 22.8 Å². The van der Waals surface area contributed by atoms with Gasteiger partial charge in [0, 0.05) is 19.6 Å². The first-order chi connectivity index (χ1) is 16.5. The van der Waals surface area contributed by atoms with Crippen molar-refractivity contribution < 1.29 is 23.1 Å². The molecule has 184 valence electrons. The largest absolute Gasteiger partial charge is 0.490 e. The van der Waals surface area contributed by atoms with Crippen molar-refractivity contribution in [3.63, 3.8) is 0 Å². The zero-order valence-electron chi connectivity index (χ0n) is 18.8. The molecular weight excluding hydrogens is 467 g/mol. The summed E-state index contributed by atoms with van der Waals surface area (Å²) in [5.74, 6) is -2.45. The van der Waals surface area contributed by atoms with Crippen LogP contribution in [0.2, 0.25) is 0 Å². The van der Waals surface area contributed by atoms with E-state index in [1.54, 1.807) is 0 Å². The maximum Gasteiger partial charge on any atom is 0.490 e. The lowest BCUT2D eigenvalue weighted by molar-refractivity contribution is -0.192. The van der Waals surface area contributed by atoms with Gasteiger partial charge >= 0.3 is 17.8 Å². The molecule has 2 aliphatic heterocycles. The van der Waals surface area contributed by atoms with Crippen LogP contribution in [-0.4, -0.2) is 43.3 Å². The molecule has 4 rings (SSSR count). The van der Waals surface area contributed by atoms with E-state index in [0.29, 0.717) is 24.4 Å². The molecule has 35 heavy (non-hydrogen) atoms. The molecule has 0 saturated heterocycles. The van der Waals surface area contributed by atoms with Crippen molar-refractivity contribution in [3.8, 4) is 11.5 Å². The van der Waals surface area contributed by atoms with E-state index in [0.717, 1.165) is 23.2 Å². The van der Waals surface area contributed by atoms with Crippen molar-refractivity contribution in [2.24, 2.45) is 0 Å². The molecule has 0 saturated carbocycles. The number of aromatic amines is 1. The van der Waals surface area contributed by atoms with Gasteiger partial charge in [-0.2, -0.15) is 18.2 Å². The zero-order valence-corrected chi connectivity index (χ0v) is 18.8. The number of hydrogen-bond donors (Lipinski definition) is 3. The molecule has 9 nitrogen and oxygen atoms in total. The Morgan fingerprint density at radius 2 is 1.71 bits per heavy atom. The number of rotatable bonds is 5. The number of aryl methyl sites for hydroxylation is 2. The Kier molecular flexibility index (Phi) is 7.65. The summed E-state index contributed by atoms with van der Waals surface area (Å²) < 4.78 is 33.6. The van der Waals surface area contributed by atoms with Crippen LogP contribution in [0, 0.1) is 13.8 Å². The topological polar surface area (TPSA) is 130 Å². The predicted molar refractivity (Wildman–Crippen MR) is 122 cm³/mol. The number of fused-ring (bicyclic) bond motifs is 2. The summed E-state index contributed by atoms with van der Waals surface area (Å²) >= 11 is 0. The lowest BCUT2D eigenvalue weighted by Gasteiger charge is -2.18. The third kappa shape index (κ3) is 6.29. The lowest BCUT2D eigenvalue weighted by Crippen LogP contribution is -2.30. The summed E-state index contributed by atoms with van der Waals surface area (Å²) in [6.45, 7) is 5.99. The van der Waals surface area contributed by atoms with Crippen molar-refractivity contribution in [2.75, 3.05) is 6.54 Å². The molecule has 2 aliphatic rings. The minimum Gasteiger partial charge on any atom is -0.475 e. The van der Waals surface area contributed by atoms with Crippen molar-refractivity contribution in [2.45, 2.75) is 33.1 Å². The van der Waals surface area contributed by atoms with Crippen LogP contribution in [0.3, 0.4) is 0 Å². The molecule has 0 aromatic heterocycles. The first-order valence-electron chi connectivity index (χ1n) is 10.4. The molecule has 2 aromatic rings. The molecule has 0 amide bonds. The number of carboxylic acids is 1. The number of aromatic nitrogens is 4. The van der Waals surface area contributed by atoms with E-state index in [1.165, 1.54) is 5.56 Å². The highest BCUT2D eigenvalue weighted by Gasteiger charge is 2.38. The van der Waals surface area contributed by atoms with E-state index < -0.39 is 23.4 Å². The number of carboxylic acid groups (broad SMARTS) is 1. The zero-order chi connectivity index (χ0) is 25.8. The molecule has 0 radical (unpaired) electrons. The number of H-pyrrole nitrogens is 1. The SMILES string of the molecule is Cc1cc2nc3c(=O)[nH]c(=O)nc-3n(CCNCc3ccccc3)c2cc1C.O=C(O)C(F)(F)F. The van der Waals surface area contributed by atoms with Gasteiger partial charge in [0.05, 0.1) is 11.0 Å². The minimum atomic E-state index is -5.08. The highest BCUT2D eigenvalue weighted by atomic mass is 19.4. The standard InChI is InChI=1S/C21H21N5O2.C2HF3O2/c1-13-10-16-17(11-14(13)2)26(9-8-22-12-15-6-4-3-5-7-15)19-18(23-16)20(27)25-21(28)24-19;3-2(4,5)1(6)7/h3-7,10-11,22H,8-9,12H2,1-2H3,(H,25,27,28);(H,6,7). The van der Waals surface area contributed by atoms with Gasteiger partial charge in [0.25, 0.3) is 5.56 Å². The normalized spacial score (nSPS) is 11.3. The number of carbonyl (C=O) groups is 1. The molecule has 0 bridgehead atoms. The molecule has 2 aromatic carbocycles. The minimum absolute atomic E-state index is 0.179. The van der Waals surface area contributed by atoms with Crippen LogP contribution in [0.25, 0.3) is 22.6 Å². The van der Waals surface area contributed by atoms with E-state index in [1.807, 2.05) is 48.7 Å². The first kappa shape index (κ1) is 25.6. The average molecular weight is 489 g/mol. The maximum atomic E-state index is 12.3. The van der Waals surface area contributed by atoms with Gasteiger partial charge in [0.1, 0.15) is 0 Å². The van der Waals surface area contributed by atoms with Crippen LogP contribution in [0.1, 0.15) is 16.7 Å². The second-order valence-corrected chi connectivity index (χ2v) is 7.70. The summed E-state index contributed by atoms with van der Waals surface area (Å²) in [4.78, 5) is 43.7. The summed E-state index contributed by atoms with van der Waals surface area (Å²) in [7, 11) is 0. The fraction of sp³-hybridized carbons (Fsp3) is 0.261. The molecule has 0 aliphatic carbocycles. The Balaban J connectivity index is 0.000000429. The maximum absolute atomic E-state index is 12.3. The Morgan fingerprint density at radius 1 is 1.09 bits per heavy atom. The molecule has 3 N–H and O–H groups in total. The quantitative estimate of drug-likeness (QED) is 0.290. The van der Waals surface area contributed by atoms with Gasteiger partial charge in [0.2, 0.25) is 0 Å². The van der Waals surface area contributed by atoms with Crippen molar-refractivity contribution in [3.05, 3.63) is 80.0 Å². The molecule has 0 unspecified atom stereocenters. The second-order valence-electron chi connectivity index (χ2n) is 7.70. The van der Waals surface area contributed by atoms with E-state index in [2.05, 4.69) is 32.4 Å². The molecule has 0 fully saturated rings. The van der Waals surface area contributed by atoms with Gasteiger partial charge in [0.15, 0.2) is 11.5 Å². The summed E-state index contributed by atoms with van der Waals surface area (Å²) in [6, 6.07) is 14.1. The number of aliphatic carboxylic acids is 1. The molecule has 0 atom stereocenters. The highest BCUT2D eigenvalue weighted by molar-refractivity contribution is 5.81. The van der Waals surface area contributed by atoms with E-state index in [-0.39, 0.29) is 5.69 Å². The average Bonchev–Trinajstić information content (AvgIpc) is 2.78. The molecule has 12 heteroatoms. The molecule has 2 heterocycles. The fourth-order valence-corrected chi connectivity index (χ4v) is 3.30. The third-order valence-corrected chi connectivity index (χ3v) is 5.15. The third-order valence-electron chi connectivity index (χ3n) is 5.15. The Labute approximate surface area is 196 Å². The Morgan fingerprint density at radius 3 is 2.34 bits per heavy atom. The number of nitrogens with zero attached hydrogens (tertiary/aromatic N) is 3. The first-order valence-corrected chi connectivity index (χ1v) is 10.4. The smallest absolute Gasteiger partial charge is 0.475 e. The lowest BCUT2D eigenvalue weighted by atomic mass is 10.1. The van der Waals surface area contributed by atoms with Gasteiger partial charge < -0.3 is 15.0 Å². The Hall–Kier alpha value is -4.06. The predicted octanol–water partition coefficient (Wildman–Crippen LogP) is 2.62. The Bertz CT molecular complexity index is 1430. The number of nitrogens with one attached hydrogen (secondary N) is 2. The van der Waals surface area contributed by atoms with Crippen LogP contribution in [0.5, 0.6) is 0 Å². The highest BCUT2D eigenvalue weighted by Crippen LogP contribution is 2.23. The number of hydrogen-bond acceptors (Lipinski definition) is 6. The van der Waals surface area contributed by atoms with Gasteiger partial charge in [-0.1, -0.05) is 30.3 Å². The van der Waals surface area contributed by atoms with Crippen molar-refractivity contribution in [1.29, 1.82) is 0 Å². The van der Waals surface area contributed by atoms with Gasteiger partial charge in [-0.3, -0.25) is 9.78 Å². The summed E-state index contributed by atoms with van der Waals surface area (Å²) in [5, 5.41) is 10.5. The molecule has 0 spiro atoms. The van der Waals surface area contributed by atoms with Crippen LogP contribution in [0.4, 0.5) is 13.2 Å². The van der Waals surface area contributed by atoms with Crippen LogP contribution >= 0.6 is 0 Å². The monoisotopic (exact) mass is 489 g/mol. The van der Waals surface area contributed by atoms with Gasteiger partial charge in [-0.15, -0.1) is 0 Å². The number of halogens is 3. The van der Waals surface area contributed by atoms with Crippen molar-refractivity contribution >= 4 is 17.0 Å². The summed E-state index contributed by atoms with van der Waals surface area (Å²) in [5.41, 5.74) is 3.98. The van der Waals surface area contributed by atoms with Gasteiger partial charge in [-0.05, 0) is 42.7 Å². The van der Waals surface area contributed by atoms with Crippen LogP contribution < -0.4 is 16.6 Å². The second kappa shape index (κ2) is 10.5. The van der Waals surface area contributed by atoms with E-state index in [4.69, 9.17) is 9.90 Å². The van der Waals surface area contributed by atoms with E-state index >= 15 is 0 Å². The van der Waals surface area contributed by atoms with Crippen LogP contribution in [0.15, 0.2) is 52.1 Å². The van der Waals surface area contributed by atoms with Crippen molar-refractivity contribution in [1.82, 2.24) is 24.8 Å². The van der Waals surface area contributed by atoms with Crippen LogP contribution in [-0.2, 0) is 17.9 Å². The number of benzene rings is 2. The molecular formula is C23H22F3N5O4. The van der Waals surface area contributed by atoms with Gasteiger partial charge in [-0.25, -0.2) is 14.6 Å². The fourth-order valence-electron chi connectivity index (χ4n) is 3.30. The summed E-state index contributed by atoms with van der Waals surface area (Å²) in [6.07, 6.45) is -5.08.